The van der Waals surface area contributed by atoms with Crippen molar-refractivity contribution in [2.75, 3.05) is 14.2 Å². The summed E-state index contributed by atoms with van der Waals surface area (Å²) in [6.45, 7) is 3.55. The Hall–Kier alpha value is -2.17. The third kappa shape index (κ3) is 5.58. The Balaban J connectivity index is 0.00000400. The molecule has 1 unspecified atom stereocenters. The predicted molar refractivity (Wildman–Crippen MR) is 134 cm³/mol. The van der Waals surface area contributed by atoms with Crippen molar-refractivity contribution < 1.29 is 65.0 Å². The van der Waals surface area contributed by atoms with Crippen LogP contribution in [0.25, 0.3) is 11.0 Å². The van der Waals surface area contributed by atoms with E-state index in [-0.39, 0.29) is 57.2 Å². The summed E-state index contributed by atoms with van der Waals surface area (Å²) in [5, 5.41) is -0.373. The van der Waals surface area contributed by atoms with Crippen molar-refractivity contribution in [2.45, 2.75) is 34.5 Å². The molecule has 0 fully saturated rings. The Kier molecular flexibility index (Phi) is 9.21. The van der Waals surface area contributed by atoms with Crippen LogP contribution in [0, 0.1) is 13.8 Å². The van der Waals surface area contributed by atoms with Gasteiger partial charge in [-0.3, -0.25) is 4.98 Å². The molecule has 2 aromatic heterocycles. The van der Waals surface area contributed by atoms with Gasteiger partial charge in [-0.05, 0) is 38.1 Å². The molecule has 2 heterocycles. The van der Waals surface area contributed by atoms with Crippen LogP contribution in [0.3, 0.4) is 0 Å². The summed E-state index contributed by atoms with van der Waals surface area (Å²) < 4.78 is 88.3. The van der Waals surface area contributed by atoms with Crippen LogP contribution in [-0.2, 0) is 37.1 Å². The van der Waals surface area contributed by atoms with Gasteiger partial charge in [0.2, 0.25) is 0 Å². The van der Waals surface area contributed by atoms with E-state index in [4.69, 9.17) is 9.47 Å². The Morgan fingerprint density at radius 3 is 2.26 bits per heavy atom. The topological polar surface area (TPSA) is 164 Å². The summed E-state index contributed by atoms with van der Waals surface area (Å²) in [7, 11) is -7.06. The zero-order valence-corrected chi connectivity index (χ0v) is 25.6. The minimum absolute atomic E-state index is 0. The number of fused-ring (bicyclic) bond motifs is 1. The molecule has 38 heavy (non-hydrogen) atoms. The molecule has 0 saturated heterocycles. The monoisotopic (exact) mass is 587 g/mol. The first-order valence-corrected chi connectivity index (χ1v) is 14.8. The SMILES string of the molecule is COc1ccc2nc([S+]([O-])Cc3ncc(C)c(OC)c3C)n(S(=O)(=O)c3ccccc3S(=O)(=O)[O-])c2c1.[Na+]. The van der Waals surface area contributed by atoms with Gasteiger partial charge in [-0.15, -0.1) is 0 Å². The van der Waals surface area contributed by atoms with E-state index in [1.54, 1.807) is 26.1 Å². The number of hydrogen-bond acceptors (Lipinski definition) is 10. The molecule has 0 aliphatic carbocycles. The van der Waals surface area contributed by atoms with Gasteiger partial charge in [0, 0.05) is 34.6 Å². The molecule has 0 radical (unpaired) electrons. The molecular formula is C23H22N3NaO8S3. The maximum absolute atomic E-state index is 13.9. The Labute approximate surface area is 245 Å². The van der Waals surface area contributed by atoms with Gasteiger partial charge in [-0.2, -0.15) is 8.96 Å². The van der Waals surface area contributed by atoms with Crippen molar-refractivity contribution >= 4 is 42.4 Å². The number of methoxy groups -OCH3 is 2. The number of aryl methyl sites for hydroxylation is 1. The first kappa shape index (κ1) is 30.4. The Bertz CT molecular complexity index is 1720. The predicted octanol–water partition coefficient (Wildman–Crippen LogP) is -0.482. The number of benzene rings is 2. The summed E-state index contributed by atoms with van der Waals surface area (Å²) in [6, 6.07) is 8.81. The number of hydrogen-bond donors (Lipinski definition) is 0. The van der Waals surface area contributed by atoms with E-state index in [2.05, 4.69) is 9.97 Å². The quantitative estimate of drug-likeness (QED) is 0.149. The summed E-state index contributed by atoms with van der Waals surface area (Å²) in [5.41, 5.74) is 1.96. The van der Waals surface area contributed by atoms with E-state index >= 15 is 0 Å². The molecule has 15 heteroatoms. The minimum atomic E-state index is -5.16. The molecule has 0 amide bonds. The van der Waals surface area contributed by atoms with Crippen LogP contribution < -0.4 is 39.0 Å². The van der Waals surface area contributed by atoms with Crippen molar-refractivity contribution in [3.63, 3.8) is 0 Å². The van der Waals surface area contributed by atoms with E-state index in [0.717, 1.165) is 17.7 Å². The van der Waals surface area contributed by atoms with E-state index in [0.29, 0.717) is 21.0 Å². The molecule has 0 aliphatic rings. The first-order chi connectivity index (χ1) is 17.4. The van der Waals surface area contributed by atoms with Crippen molar-refractivity contribution in [1.82, 2.24) is 13.9 Å². The molecule has 1 atom stereocenters. The minimum Gasteiger partial charge on any atom is -0.744 e. The number of nitrogens with zero attached hydrogens (tertiary/aromatic N) is 3. The van der Waals surface area contributed by atoms with Gasteiger partial charge >= 0.3 is 34.7 Å². The fourth-order valence-electron chi connectivity index (χ4n) is 3.89. The molecule has 0 bridgehead atoms. The van der Waals surface area contributed by atoms with Gasteiger partial charge in [0.15, 0.2) is 5.75 Å². The van der Waals surface area contributed by atoms with E-state index in [1.165, 1.54) is 38.5 Å². The van der Waals surface area contributed by atoms with Gasteiger partial charge in [-0.25, -0.2) is 16.8 Å². The van der Waals surface area contributed by atoms with Crippen molar-refractivity contribution in [2.24, 2.45) is 0 Å². The zero-order chi connectivity index (χ0) is 27.1. The fourth-order valence-corrected chi connectivity index (χ4v) is 8.19. The molecular weight excluding hydrogens is 565 g/mol. The summed E-state index contributed by atoms with van der Waals surface area (Å²) in [5.74, 6) is 0.633. The van der Waals surface area contributed by atoms with E-state index < -0.39 is 41.1 Å². The third-order valence-corrected chi connectivity index (χ3v) is 9.77. The average molecular weight is 588 g/mol. The summed E-state index contributed by atoms with van der Waals surface area (Å²) in [4.78, 5) is 6.93. The maximum Gasteiger partial charge on any atom is 1.00 e. The van der Waals surface area contributed by atoms with Crippen LogP contribution in [0.1, 0.15) is 16.8 Å². The molecule has 0 saturated carbocycles. The molecule has 0 N–H and O–H groups in total. The van der Waals surface area contributed by atoms with Crippen molar-refractivity contribution in [1.29, 1.82) is 0 Å². The normalized spacial score (nSPS) is 12.7. The van der Waals surface area contributed by atoms with Crippen LogP contribution in [0.2, 0.25) is 0 Å². The smallest absolute Gasteiger partial charge is 0.744 e. The van der Waals surface area contributed by atoms with Gasteiger partial charge in [0.1, 0.15) is 26.5 Å². The van der Waals surface area contributed by atoms with Gasteiger partial charge in [0.05, 0.1) is 35.8 Å². The van der Waals surface area contributed by atoms with E-state index in [1.807, 2.05) is 0 Å². The van der Waals surface area contributed by atoms with E-state index in [9.17, 15) is 25.9 Å². The van der Waals surface area contributed by atoms with Crippen molar-refractivity contribution in [3.05, 3.63) is 65.5 Å². The summed E-state index contributed by atoms with van der Waals surface area (Å²) in [6.07, 6.45) is 1.55. The standard InChI is InChI=1S/C23H23N3O8S3.Na/c1-14-12-24-18(15(2)22(14)34-4)13-35(27)23-25-17-10-9-16(33-3)11-19(17)26(23)36(28,29)20-7-5-6-8-21(20)37(30,31)32;/h5-12H,13H2,1-4H3,(H,30,31,32);/q;+1/p-1. The first-order valence-electron chi connectivity index (χ1n) is 10.6. The molecule has 2 aromatic carbocycles. The number of pyridine rings is 1. The molecule has 4 aromatic rings. The molecule has 4 rings (SSSR count). The number of ether oxygens (including phenoxy) is 2. The Morgan fingerprint density at radius 1 is 1.00 bits per heavy atom. The van der Waals surface area contributed by atoms with Crippen LogP contribution in [0.5, 0.6) is 11.5 Å². The maximum atomic E-state index is 13.9. The van der Waals surface area contributed by atoms with Crippen molar-refractivity contribution in [3.8, 4) is 11.5 Å². The zero-order valence-electron chi connectivity index (χ0n) is 21.2. The third-order valence-electron chi connectivity index (χ3n) is 5.65. The van der Waals surface area contributed by atoms with Gasteiger partial charge in [0.25, 0.3) is 10.0 Å². The van der Waals surface area contributed by atoms with Crippen LogP contribution in [-0.4, -0.2) is 54.1 Å². The fraction of sp³-hybridized carbons (Fsp3) is 0.217. The number of imidazole rings is 1. The molecule has 0 aliphatic heterocycles. The average Bonchev–Trinajstić information content (AvgIpc) is 3.25. The van der Waals surface area contributed by atoms with Crippen LogP contribution in [0.15, 0.2) is 63.6 Å². The molecule has 196 valence electrons. The molecule has 0 spiro atoms. The summed E-state index contributed by atoms with van der Waals surface area (Å²) >= 11 is -2.08. The van der Waals surface area contributed by atoms with Crippen LogP contribution in [0.4, 0.5) is 0 Å². The van der Waals surface area contributed by atoms with Gasteiger partial charge < -0.3 is 18.6 Å². The number of rotatable bonds is 8. The van der Waals surface area contributed by atoms with Gasteiger partial charge in [-0.1, -0.05) is 12.1 Å². The second-order valence-corrected chi connectivity index (χ2v) is 12.4. The Morgan fingerprint density at radius 2 is 1.66 bits per heavy atom. The second-order valence-electron chi connectivity index (χ2n) is 7.96. The second kappa shape index (κ2) is 11.5. The van der Waals surface area contributed by atoms with Crippen LogP contribution >= 0.6 is 0 Å². The largest absolute Gasteiger partial charge is 1.00 e. The number of aromatic nitrogens is 3. The molecule has 11 nitrogen and oxygen atoms in total.